The summed E-state index contributed by atoms with van der Waals surface area (Å²) in [4.78, 5) is 16.7. The summed E-state index contributed by atoms with van der Waals surface area (Å²) in [6, 6.07) is 0. The van der Waals surface area contributed by atoms with Gasteiger partial charge in [0, 0.05) is 19.6 Å². The Kier molecular flexibility index (Phi) is 4.12. The summed E-state index contributed by atoms with van der Waals surface area (Å²) >= 11 is 0. The largest absolute Gasteiger partial charge is 0.369 e. The summed E-state index contributed by atoms with van der Waals surface area (Å²) in [5.74, 6) is -0.272. The van der Waals surface area contributed by atoms with Gasteiger partial charge in [0.05, 0.1) is 11.7 Å². The van der Waals surface area contributed by atoms with Gasteiger partial charge in [0.1, 0.15) is 0 Å². The lowest BCUT2D eigenvalue weighted by Gasteiger charge is -2.41. The molecule has 130 valence electrons. The Labute approximate surface area is 138 Å². The highest BCUT2D eigenvalue weighted by Gasteiger charge is 2.51. The molecule has 0 aromatic carbocycles. The lowest BCUT2D eigenvalue weighted by Crippen LogP contribution is -2.52. The number of likely N-dealkylation sites (tertiary alicyclic amines) is 2. The first-order chi connectivity index (χ1) is 11.1. The molecule has 5 heteroatoms. The van der Waals surface area contributed by atoms with Gasteiger partial charge in [0.2, 0.25) is 0 Å². The Bertz CT molecular complexity index is 462. The van der Waals surface area contributed by atoms with E-state index in [1.54, 1.807) is 4.90 Å². The number of alkyl halides is 1. The fourth-order valence-electron chi connectivity index (χ4n) is 4.81. The Morgan fingerprint density at radius 2 is 1.83 bits per heavy atom. The van der Waals surface area contributed by atoms with Crippen LogP contribution in [0, 0.1) is 0 Å². The van der Waals surface area contributed by atoms with E-state index in [2.05, 4.69) is 4.90 Å². The second kappa shape index (κ2) is 5.99. The zero-order valence-electron chi connectivity index (χ0n) is 14.1. The van der Waals surface area contributed by atoms with E-state index >= 15 is 0 Å². The third kappa shape index (κ3) is 3.02. The average Bonchev–Trinajstić information content (AvgIpc) is 3.15. The Morgan fingerprint density at radius 3 is 2.52 bits per heavy atom. The minimum Gasteiger partial charge on any atom is -0.369 e. The standard InChI is InChI=1S/C18H29FN2O2/c19-18(7-4-8-18)16(22)21-12-9-17(14-21)6-3-5-15(23-17)13-20-10-1-2-11-20/h15H,1-14H2/t15-,17+/m0/s1. The smallest absolute Gasteiger partial charge is 0.260 e. The molecular weight excluding hydrogens is 295 g/mol. The van der Waals surface area contributed by atoms with E-state index in [4.69, 9.17) is 4.74 Å². The van der Waals surface area contributed by atoms with Crippen molar-refractivity contribution in [2.24, 2.45) is 0 Å². The molecule has 3 saturated heterocycles. The zero-order valence-corrected chi connectivity index (χ0v) is 14.1. The fourth-order valence-corrected chi connectivity index (χ4v) is 4.81. The van der Waals surface area contributed by atoms with Crippen LogP contribution in [0.2, 0.25) is 0 Å². The maximum absolute atomic E-state index is 14.4. The molecule has 0 unspecified atom stereocenters. The minimum absolute atomic E-state index is 0.196. The number of halogens is 1. The lowest BCUT2D eigenvalue weighted by molar-refractivity contribution is -0.154. The predicted octanol–water partition coefficient (Wildman–Crippen LogP) is 2.51. The third-order valence-corrected chi connectivity index (χ3v) is 6.37. The molecule has 3 heterocycles. The van der Waals surface area contributed by atoms with Gasteiger partial charge >= 0.3 is 0 Å². The molecule has 23 heavy (non-hydrogen) atoms. The van der Waals surface area contributed by atoms with Crippen molar-refractivity contribution >= 4 is 5.91 Å². The van der Waals surface area contributed by atoms with Crippen LogP contribution in [0.5, 0.6) is 0 Å². The summed E-state index contributed by atoms with van der Waals surface area (Å²) in [5, 5.41) is 0. The summed E-state index contributed by atoms with van der Waals surface area (Å²) in [5.41, 5.74) is -1.76. The molecule has 4 rings (SSSR count). The van der Waals surface area contributed by atoms with Crippen molar-refractivity contribution in [3.05, 3.63) is 0 Å². The van der Waals surface area contributed by atoms with E-state index in [0.29, 0.717) is 32.0 Å². The van der Waals surface area contributed by atoms with Crippen LogP contribution in [0.15, 0.2) is 0 Å². The van der Waals surface area contributed by atoms with Gasteiger partial charge in [-0.15, -0.1) is 0 Å². The fraction of sp³-hybridized carbons (Fsp3) is 0.944. The molecule has 1 spiro atoms. The van der Waals surface area contributed by atoms with Gasteiger partial charge in [0.25, 0.3) is 5.91 Å². The van der Waals surface area contributed by atoms with Gasteiger partial charge in [-0.3, -0.25) is 4.79 Å². The Hall–Kier alpha value is -0.680. The molecule has 4 aliphatic rings. The van der Waals surface area contributed by atoms with Gasteiger partial charge in [-0.25, -0.2) is 4.39 Å². The third-order valence-electron chi connectivity index (χ3n) is 6.37. The van der Waals surface area contributed by atoms with Crippen molar-refractivity contribution in [1.82, 2.24) is 9.80 Å². The number of hydrogen-bond donors (Lipinski definition) is 0. The van der Waals surface area contributed by atoms with Crippen molar-refractivity contribution in [2.45, 2.75) is 75.2 Å². The Morgan fingerprint density at radius 1 is 1.04 bits per heavy atom. The van der Waals surface area contributed by atoms with Crippen molar-refractivity contribution in [3.63, 3.8) is 0 Å². The van der Waals surface area contributed by atoms with Crippen molar-refractivity contribution in [1.29, 1.82) is 0 Å². The van der Waals surface area contributed by atoms with Crippen molar-refractivity contribution < 1.29 is 13.9 Å². The second-order valence-corrected chi connectivity index (χ2v) is 8.12. The average molecular weight is 324 g/mol. The van der Waals surface area contributed by atoms with Crippen molar-refractivity contribution in [2.75, 3.05) is 32.7 Å². The quantitative estimate of drug-likeness (QED) is 0.800. The molecule has 3 aliphatic heterocycles. The van der Waals surface area contributed by atoms with Crippen LogP contribution in [0.25, 0.3) is 0 Å². The van der Waals surface area contributed by atoms with Crippen LogP contribution < -0.4 is 0 Å². The molecule has 1 amide bonds. The van der Waals surface area contributed by atoms with Crippen LogP contribution in [0.4, 0.5) is 4.39 Å². The number of rotatable bonds is 3. The Balaban J connectivity index is 1.35. The molecule has 0 N–H and O–H groups in total. The van der Waals surface area contributed by atoms with Crippen LogP contribution in [-0.4, -0.2) is 65.8 Å². The molecule has 0 aromatic rings. The number of carbonyl (C=O) groups excluding carboxylic acids is 1. The molecule has 1 saturated carbocycles. The SMILES string of the molecule is O=C(N1CC[C@]2(CCC[C@@H](CN3CCCC3)O2)C1)C1(F)CCC1. The second-order valence-electron chi connectivity index (χ2n) is 8.12. The first-order valence-corrected chi connectivity index (χ1v) is 9.47. The van der Waals surface area contributed by atoms with Gasteiger partial charge in [-0.1, -0.05) is 0 Å². The summed E-state index contributed by atoms with van der Waals surface area (Å²) in [7, 11) is 0. The number of carbonyl (C=O) groups is 1. The predicted molar refractivity (Wildman–Crippen MR) is 86.0 cm³/mol. The molecule has 0 radical (unpaired) electrons. The van der Waals surface area contributed by atoms with Gasteiger partial charge < -0.3 is 14.5 Å². The van der Waals surface area contributed by atoms with E-state index in [0.717, 1.165) is 32.2 Å². The highest BCUT2D eigenvalue weighted by Crippen LogP contribution is 2.42. The number of hydrogen-bond acceptors (Lipinski definition) is 3. The summed E-state index contributed by atoms with van der Waals surface area (Å²) in [6.07, 6.45) is 8.76. The first-order valence-electron chi connectivity index (χ1n) is 9.47. The normalized spacial score (nSPS) is 37.3. The maximum Gasteiger partial charge on any atom is 0.260 e. The van der Waals surface area contributed by atoms with E-state index in [9.17, 15) is 9.18 Å². The van der Waals surface area contributed by atoms with Crippen LogP contribution in [0.3, 0.4) is 0 Å². The highest BCUT2D eigenvalue weighted by molar-refractivity contribution is 5.86. The van der Waals surface area contributed by atoms with Gasteiger partial charge in [0.15, 0.2) is 5.67 Å². The maximum atomic E-state index is 14.4. The summed E-state index contributed by atoms with van der Waals surface area (Å²) < 4.78 is 20.9. The molecule has 2 atom stereocenters. The van der Waals surface area contributed by atoms with E-state index < -0.39 is 5.67 Å². The van der Waals surface area contributed by atoms with E-state index in [-0.39, 0.29) is 11.5 Å². The van der Waals surface area contributed by atoms with Crippen molar-refractivity contribution in [3.8, 4) is 0 Å². The highest BCUT2D eigenvalue weighted by atomic mass is 19.1. The zero-order chi connectivity index (χ0) is 15.9. The lowest BCUT2D eigenvalue weighted by atomic mass is 9.81. The van der Waals surface area contributed by atoms with Crippen LogP contribution in [0.1, 0.15) is 57.8 Å². The first kappa shape index (κ1) is 15.8. The monoisotopic (exact) mass is 324 g/mol. The van der Waals surface area contributed by atoms with Gasteiger partial charge in [-0.2, -0.15) is 0 Å². The number of amides is 1. The summed E-state index contributed by atoms with van der Waals surface area (Å²) in [6.45, 7) is 4.70. The molecule has 4 fully saturated rings. The molecular formula is C18H29FN2O2. The topological polar surface area (TPSA) is 32.8 Å². The number of nitrogens with zero attached hydrogens (tertiary/aromatic N) is 2. The van der Waals surface area contributed by atoms with E-state index in [1.165, 1.54) is 32.4 Å². The van der Waals surface area contributed by atoms with Crippen LogP contribution >= 0.6 is 0 Å². The van der Waals surface area contributed by atoms with Gasteiger partial charge in [-0.05, 0) is 70.9 Å². The number of ether oxygens (including phenoxy) is 1. The molecule has 1 aliphatic carbocycles. The van der Waals surface area contributed by atoms with Crippen LogP contribution in [-0.2, 0) is 9.53 Å². The minimum atomic E-state index is -1.56. The van der Waals surface area contributed by atoms with E-state index in [1.807, 2.05) is 0 Å². The molecule has 0 aromatic heterocycles. The molecule has 0 bridgehead atoms. The molecule has 4 nitrogen and oxygen atoms in total.